The van der Waals surface area contributed by atoms with Crippen LogP contribution in [0.15, 0.2) is 42.6 Å². The van der Waals surface area contributed by atoms with Crippen molar-refractivity contribution in [2.24, 2.45) is 7.05 Å². The van der Waals surface area contributed by atoms with Gasteiger partial charge in [-0.25, -0.2) is 0 Å². The van der Waals surface area contributed by atoms with Crippen LogP contribution < -0.4 is 4.90 Å². The quantitative estimate of drug-likeness (QED) is 0.789. The minimum Gasteiger partial charge on any atom is -0.354 e. The number of anilines is 1. The van der Waals surface area contributed by atoms with Crippen molar-refractivity contribution in [3.63, 3.8) is 0 Å². The summed E-state index contributed by atoms with van der Waals surface area (Å²) in [5, 5.41) is 0. The normalized spacial score (nSPS) is 13.7. The third-order valence-electron chi connectivity index (χ3n) is 3.57. The van der Waals surface area contributed by atoms with Crippen molar-refractivity contribution in [2.75, 3.05) is 11.4 Å². The van der Waals surface area contributed by atoms with Crippen LogP contribution in [-0.2, 0) is 24.7 Å². The highest BCUT2D eigenvalue weighted by Gasteiger charge is 2.24. The van der Waals surface area contributed by atoms with E-state index in [-0.39, 0.29) is 5.91 Å². The summed E-state index contributed by atoms with van der Waals surface area (Å²) in [6, 6.07) is 12.1. The largest absolute Gasteiger partial charge is 0.354 e. The molecule has 1 aromatic carbocycles. The first kappa shape index (κ1) is 11.1. The highest BCUT2D eigenvalue weighted by molar-refractivity contribution is 5.96. The molecule has 1 aliphatic heterocycles. The molecule has 1 aliphatic rings. The topological polar surface area (TPSA) is 25.2 Å². The van der Waals surface area contributed by atoms with Crippen LogP contribution in [-0.4, -0.2) is 17.0 Å². The number of nitrogens with zero attached hydrogens (tertiary/aromatic N) is 2. The zero-order valence-electron chi connectivity index (χ0n) is 10.5. The summed E-state index contributed by atoms with van der Waals surface area (Å²) in [5.41, 5.74) is 3.42. The Morgan fingerprint density at radius 2 is 2.06 bits per heavy atom. The molecule has 2 heterocycles. The van der Waals surface area contributed by atoms with E-state index < -0.39 is 0 Å². The van der Waals surface area contributed by atoms with Gasteiger partial charge in [0.2, 0.25) is 5.91 Å². The van der Waals surface area contributed by atoms with Gasteiger partial charge in [0.05, 0.1) is 6.42 Å². The highest BCUT2D eigenvalue weighted by atomic mass is 16.2. The van der Waals surface area contributed by atoms with Crippen molar-refractivity contribution in [1.29, 1.82) is 0 Å². The molecule has 92 valence electrons. The van der Waals surface area contributed by atoms with E-state index in [0.29, 0.717) is 6.42 Å². The summed E-state index contributed by atoms with van der Waals surface area (Å²) < 4.78 is 2.00. The lowest BCUT2D eigenvalue weighted by molar-refractivity contribution is -0.118. The molecule has 0 radical (unpaired) electrons. The summed E-state index contributed by atoms with van der Waals surface area (Å²) in [6.07, 6.45) is 3.41. The first-order valence-corrected chi connectivity index (χ1v) is 6.24. The molecule has 2 aromatic rings. The van der Waals surface area contributed by atoms with Gasteiger partial charge in [-0.15, -0.1) is 0 Å². The van der Waals surface area contributed by atoms with Crippen molar-refractivity contribution in [1.82, 2.24) is 4.57 Å². The molecule has 0 saturated carbocycles. The maximum Gasteiger partial charge on any atom is 0.232 e. The zero-order valence-corrected chi connectivity index (χ0v) is 10.5. The van der Waals surface area contributed by atoms with E-state index in [9.17, 15) is 4.79 Å². The second-order valence-electron chi connectivity index (χ2n) is 4.71. The summed E-state index contributed by atoms with van der Waals surface area (Å²) in [4.78, 5) is 14.2. The molecule has 0 saturated heterocycles. The van der Waals surface area contributed by atoms with Gasteiger partial charge in [0, 0.05) is 31.2 Å². The summed E-state index contributed by atoms with van der Waals surface area (Å²) in [5.74, 6) is 0.182. The smallest absolute Gasteiger partial charge is 0.232 e. The molecule has 1 amide bonds. The van der Waals surface area contributed by atoms with E-state index in [1.54, 1.807) is 0 Å². The van der Waals surface area contributed by atoms with Gasteiger partial charge in [0.15, 0.2) is 0 Å². The van der Waals surface area contributed by atoms with Crippen molar-refractivity contribution < 1.29 is 4.79 Å². The van der Waals surface area contributed by atoms with Gasteiger partial charge in [0.1, 0.15) is 0 Å². The Labute approximate surface area is 107 Å². The Morgan fingerprint density at radius 1 is 1.22 bits per heavy atom. The Balaban J connectivity index is 1.81. The molecule has 3 nitrogen and oxygen atoms in total. The lowest BCUT2D eigenvalue weighted by Crippen LogP contribution is -2.30. The molecule has 0 bridgehead atoms. The van der Waals surface area contributed by atoms with Crippen molar-refractivity contribution >= 4 is 11.6 Å². The number of carbonyl (C=O) groups is 1. The highest BCUT2D eigenvalue weighted by Crippen LogP contribution is 2.27. The Kier molecular flexibility index (Phi) is 2.67. The lowest BCUT2D eigenvalue weighted by Gasteiger charge is -2.17. The zero-order chi connectivity index (χ0) is 12.5. The minimum atomic E-state index is 0.182. The fraction of sp³-hybridized carbons (Fsp3) is 0.267. The Morgan fingerprint density at radius 3 is 2.83 bits per heavy atom. The van der Waals surface area contributed by atoms with Crippen LogP contribution in [0.5, 0.6) is 0 Å². The van der Waals surface area contributed by atoms with Gasteiger partial charge in [0.25, 0.3) is 0 Å². The van der Waals surface area contributed by atoms with Gasteiger partial charge < -0.3 is 9.47 Å². The number of amides is 1. The van der Waals surface area contributed by atoms with Gasteiger partial charge in [-0.2, -0.15) is 0 Å². The monoisotopic (exact) mass is 240 g/mol. The molecule has 0 N–H and O–H groups in total. The number of hydrogen-bond acceptors (Lipinski definition) is 1. The van der Waals surface area contributed by atoms with Crippen LogP contribution in [0.1, 0.15) is 11.3 Å². The molecule has 0 unspecified atom stereocenters. The number of fused-ring (bicyclic) bond motifs is 1. The second-order valence-corrected chi connectivity index (χ2v) is 4.71. The number of carbonyl (C=O) groups excluding carboxylic acids is 1. The first-order chi connectivity index (χ1) is 8.75. The molecular formula is C15H16N2O. The van der Waals surface area contributed by atoms with Crippen LogP contribution in [0, 0.1) is 0 Å². The first-order valence-electron chi connectivity index (χ1n) is 6.24. The molecule has 0 spiro atoms. The van der Waals surface area contributed by atoms with Gasteiger partial charge in [-0.05, 0) is 30.2 Å². The molecular weight excluding hydrogens is 224 g/mol. The summed E-state index contributed by atoms with van der Waals surface area (Å²) >= 11 is 0. The van der Waals surface area contributed by atoms with E-state index in [1.807, 2.05) is 53.0 Å². The number of rotatable bonds is 2. The van der Waals surface area contributed by atoms with Crippen LogP contribution in [0.25, 0.3) is 0 Å². The second kappa shape index (κ2) is 4.33. The van der Waals surface area contributed by atoms with E-state index in [0.717, 1.165) is 24.3 Å². The predicted octanol–water partition coefficient (Wildman–Crippen LogP) is 2.16. The molecule has 0 atom stereocenters. The molecule has 3 rings (SSSR count). The third-order valence-corrected chi connectivity index (χ3v) is 3.57. The number of hydrogen-bond donors (Lipinski definition) is 0. The number of aryl methyl sites for hydroxylation is 1. The predicted molar refractivity (Wildman–Crippen MR) is 71.6 cm³/mol. The maximum atomic E-state index is 12.3. The molecule has 0 fully saturated rings. The van der Waals surface area contributed by atoms with Crippen molar-refractivity contribution in [2.45, 2.75) is 12.8 Å². The maximum absolute atomic E-state index is 12.3. The lowest BCUT2D eigenvalue weighted by atomic mass is 10.2. The molecule has 1 aromatic heterocycles. The summed E-state index contributed by atoms with van der Waals surface area (Å²) in [7, 11) is 1.97. The van der Waals surface area contributed by atoms with Crippen molar-refractivity contribution in [3.05, 3.63) is 53.9 Å². The van der Waals surface area contributed by atoms with E-state index >= 15 is 0 Å². The Bertz CT molecular complexity index is 586. The standard InChI is InChI=1S/C15H16N2O/c1-16-9-4-6-13(16)11-15(18)17-10-8-12-5-2-3-7-14(12)17/h2-7,9H,8,10-11H2,1H3. The van der Waals surface area contributed by atoms with Gasteiger partial charge in [-0.3, -0.25) is 4.79 Å². The molecule has 3 heteroatoms. The fourth-order valence-electron chi connectivity index (χ4n) is 2.53. The van der Waals surface area contributed by atoms with Crippen LogP contribution in [0.2, 0.25) is 0 Å². The average Bonchev–Trinajstić information content (AvgIpc) is 2.96. The molecule has 0 aliphatic carbocycles. The van der Waals surface area contributed by atoms with E-state index in [1.165, 1.54) is 5.56 Å². The minimum absolute atomic E-state index is 0.182. The average molecular weight is 240 g/mol. The fourth-order valence-corrected chi connectivity index (χ4v) is 2.53. The molecule has 18 heavy (non-hydrogen) atoms. The van der Waals surface area contributed by atoms with E-state index in [4.69, 9.17) is 0 Å². The van der Waals surface area contributed by atoms with Gasteiger partial charge >= 0.3 is 0 Å². The van der Waals surface area contributed by atoms with Crippen LogP contribution in [0.4, 0.5) is 5.69 Å². The van der Waals surface area contributed by atoms with Crippen LogP contribution in [0.3, 0.4) is 0 Å². The summed E-state index contributed by atoms with van der Waals surface area (Å²) in [6.45, 7) is 0.808. The van der Waals surface area contributed by atoms with E-state index in [2.05, 4.69) is 6.07 Å². The van der Waals surface area contributed by atoms with Crippen molar-refractivity contribution in [3.8, 4) is 0 Å². The third kappa shape index (κ3) is 1.82. The number of benzene rings is 1. The Hall–Kier alpha value is -2.03. The number of aromatic nitrogens is 1. The van der Waals surface area contributed by atoms with Gasteiger partial charge in [-0.1, -0.05) is 18.2 Å². The number of para-hydroxylation sites is 1. The SMILES string of the molecule is Cn1cccc1CC(=O)N1CCc2ccccc21. The van der Waals surface area contributed by atoms with Crippen LogP contribution >= 0.6 is 0 Å².